The number of aryl methyl sites for hydroxylation is 1. The van der Waals surface area contributed by atoms with E-state index in [0.29, 0.717) is 24.2 Å². The van der Waals surface area contributed by atoms with Crippen LogP contribution in [-0.2, 0) is 22.6 Å². The van der Waals surface area contributed by atoms with E-state index in [1.807, 2.05) is 6.07 Å². The van der Waals surface area contributed by atoms with E-state index in [4.69, 9.17) is 0 Å². The van der Waals surface area contributed by atoms with Crippen LogP contribution in [0.1, 0.15) is 41.3 Å². The van der Waals surface area contributed by atoms with Crippen LogP contribution in [0.5, 0.6) is 0 Å². The molecule has 0 radical (unpaired) electrons. The Labute approximate surface area is 150 Å². The smallest absolute Gasteiger partial charge is 0.270 e. The van der Waals surface area contributed by atoms with Gasteiger partial charge in [0.25, 0.3) is 11.8 Å². The van der Waals surface area contributed by atoms with Gasteiger partial charge < -0.3 is 4.90 Å². The number of rotatable bonds is 1. The number of pyridine rings is 1. The lowest BCUT2D eigenvalue weighted by Gasteiger charge is -2.35. The predicted molar refractivity (Wildman–Crippen MR) is 94.6 cm³/mol. The number of aromatic nitrogens is 1. The van der Waals surface area contributed by atoms with Gasteiger partial charge >= 0.3 is 0 Å². The number of benzene rings is 1. The first-order valence-electron chi connectivity index (χ1n) is 8.53. The largest absolute Gasteiger partial charge is 0.362 e. The van der Waals surface area contributed by atoms with Crippen molar-refractivity contribution in [2.75, 3.05) is 14.1 Å². The summed E-state index contributed by atoms with van der Waals surface area (Å²) < 4.78 is 28.0. The Balaban J connectivity index is 2.04. The van der Waals surface area contributed by atoms with Crippen LogP contribution < -0.4 is 0 Å². The summed E-state index contributed by atoms with van der Waals surface area (Å²) in [5, 5.41) is 0. The lowest BCUT2D eigenvalue weighted by atomic mass is 9.71. The second-order valence-electron chi connectivity index (χ2n) is 7.19. The molecule has 2 aromatic rings. The summed E-state index contributed by atoms with van der Waals surface area (Å²) in [7, 11) is 3.58. The molecule has 0 N–H and O–H groups in total. The van der Waals surface area contributed by atoms with E-state index in [9.17, 15) is 13.6 Å². The quantitative estimate of drug-likeness (QED) is 0.789. The van der Waals surface area contributed by atoms with E-state index in [1.54, 1.807) is 37.3 Å². The highest BCUT2D eigenvalue weighted by Crippen LogP contribution is 2.48. The molecule has 1 aliphatic carbocycles. The predicted octanol–water partition coefficient (Wildman–Crippen LogP) is 3.27. The van der Waals surface area contributed by atoms with Gasteiger partial charge in [0.15, 0.2) is 0 Å². The molecule has 0 bridgehead atoms. The van der Waals surface area contributed by atoms with Gasteiger partial charge in [-0.1, -0.05) is 18.2 Å². The zero-order chi connectivity index (χ0) is 18.7. The van der Waals surface area contributed by atoms with Gasteiger partial charge in [0.2, 0.25) is 0 Å². The van der Waals surface area contributed by atoms with Gasteiger partial charge in [0, 0.05) is 44.0 Å². The fourth-order valence-corrected chi connectivity index (χ4v) is 4.04. The van der Waals surface area contributed by atoms with Crippen LogP contribution in [0.3, 0.4) is 0 Å². The van der Waals surface area contributed by atoms with Gasteiger partial charge in [-0.15, -0.1) is 0 Å². The zero-order valence-electron chi connectivity index (χ0n) is 14.9. The molecule has 134 valence electrons. The minimum absolute atomic E-state index is 0.0965. The summed E-state index contributed by atoms with van der Waals surface area (Å²) in [6, 6.07) is 8.20. The normalized spacial score (nSPS) is 21.4. The number of hydrogen-bond donors (Lipinski definition) is 0. The third-order valence-electron chi connectivity index (χ3n) is 5.31. The fraction of sp³-hybridized carbons (Fsp3) is 0.350. The van der Waals surface area contributed by atoms with Crippen molar-refractivity contribution in [3.8, 4) is 0 Å². The Morgan fingerprint density at radius 1 is 1.19 bits per heavy atom. The number of fused-ring (bicyclic) bond motifs is 4. The molecular weight excluding hydrogens is 336 g/mol. The van der Waals surface area contributed by atoms with Crippen molar-refractivity contribution in [2.24, 2.45) is 4.99 Å². The molecule has 4 nitrogen and oxygen atoms in total. The second kappa shape index (κ2) is 5.43. The monoisotopic (exact) mass is 355 g/mol. The van der Waals surface area contributed by atoms with E-state index in [1.165, 1.54) is 12.1 Å². The standard InChI is InChI=1S/C20H19F2N3O/c1-19(21,22)12-6-7-13-15(11-12)20(18(26)24-17(13)25(2)3)9-8-16-14(20)5-4-10-23-16/h4-7,10-11H,8-9H2,1-3H3/t20-/m1/s1. The highest BCUT2D eigenvalue weighted by atomic mass is 19.3. The number of amides is 1. The summed E-state index contributed by atoms with van der Waals surface area (Å²) in [4.78, 5) is 23.7. The van der Waals surface area contributed by atoms with Crippen molar-refractivity contribution < 1.29 is 13.6 Å². The van der Waals surface area contributed by atoms with E-state index < -0.39 is 11.3 Å². The Morgan fingerprint density at radius 3 is 2.65 bits per heavy atom. The van der Waals surface area contributed by atoms with Crippen LogP contribution >= 0.6 is 0 Å². The average Bonchev–Trinajstić information content (AvgIpc) is 2.98. The molecule has 4 rings (SSSR count). The summed E-state index contributed by atoms with van der Waals surface area (Å²) in [5.74, 6) is -2.79. The molecular formula is C20H19F2N3O. The number of hydrogen-bond acceptors (Lipinski definition) is 3. The van der Waals surface area contributed by atoms with Gasteiger partial charge in [-0.25, -0.2) is 8.78 Å². The molecule has 1 aromatic carbocycles. The Bertz CT molecular complexity index is 946. The number of carbonyl (C=O) groups is 1. The van der Waals surface area contributed by atoms with Gasteiger partial charge in [-0.05, 0) is 36.1 Å². The summed E-state index contributed by atoms with van der Waals surface area (Å²) >= 11 is 0. The first-order valence-corrected chi connectivity index (χ1v) is 8.53. The second-order valence-corrected chi connectivity index (χ2v) is 7.19. The topological polar surface area (TPSA) is 45.6 Å². The van der Waals surface area contributed by atoms with Crippen LogP contribution in [0.15, 0.2) is 41.5 Å². The van der Waals surface area contributed by atoms with Crippen LogP contribution in [0.25, 0.3) is 0 Å². The molecule has 6 heteroatoms. The molecule has 2 aliphatic rings. The minimum atomic E-state index is -2.98. The third kappa shape index (κ3) is 2.21. The van der Waals surface area contributed by atoms with Gasteiger partial charge in [-0.2, -0.15) is 4.99 Å². The van der Waals surface area contributed by atoms with Crippen LogP contribution in [0.2, 0.25) is 0 Å². The molecule has 1 amide bonds. The number of halogens is 2. The minimum Gasteiger partial charge on any atom is -0.362 e. The number of alkyl halides is 2. The lowest BCUT2D eigenvalue weighted by Crippen LogP contribution is -2.42. The van der Waals surface area contributed by atoms with Gasteiger partial charge in [-0.3, -0.25) is 9.78 Å². The fourth-order valence-electron chi connectivity index (χ4n) is 4.04. The highest BCUT2D eigenvalue weighted by molar-refractivity contribution is 6.14. The summed E-state index contributed by atoms with van der Waals surface area (Å²) in [5.41, 5.74) is 1.82. The van der Waals surface area contributed by atoms with Gasteiger partial charge in [0.1, 0.15) is 11.3 Å². The van der Waals surface area contributed by atoms with Crippen LogP contribution in [-0.4, -0.2) is 35.7 Å². The van der Waals surface area contributed by atoms with Crippen molar-refractivity contribution in [3.63, 3.8) is 0 Å². The first-order chi connectivity index (χ1) is 12.2. The summed E-state index contributed by atoms with van der Waals surface area (Å²) in [6.45, 7) is 0.872. The molecule has 1 aliphatic heterocycles. The van der Waals surface area contributed by atoms with Crippen molar-refractivity contribution in [3.05, 3.63) is 64.5 Å². The maximum Gasteiger partial charge on any atom is 0.270 e. The van der Waals surface area contributed by atoms with E-state index in [2.05, 4.69) is 9.98 Å². The Hall–Kier alpha value is -2.63. The Morgan fingerprint density at radius 2 is 1.96 bits per heavy atom. The summed E-state index contributed by atoms with van der Waals surface area (Å²) in [6.07, 6.45) is 2.81. The van der Waals surface area contributed by atoms with Crippen LogP contribution in [0, 0.1) is 0 Å². The molecule has 0 saturated carbocycles. The maximum absolute atomic E-state index is 14.0. The van der Waals surface area contributed by atoms with Crippen LogP contribution in [0.4, 0.5) is 8.78 Å². The van der Waals surface area contributed by atoms with Crippen molar-refractivity contribution in [1.29, 1.82) is 0 Å². The molecule has 0 unspecified atom stereocenters. The Kier molecular flexibility index (Phi) is 3.51. The number of amidine groups is 1. The molecule has 1 spiro atoms. The molecule has 1 aromatic heterocycles. The average molecular weight is 355 g/mol. The molecule has 1 atom stereocenters. The van der Waals surface area contributed by atoms with Crippen molar-refractivity contribution >= 4 is 11.7 Å². The SMILES string of the molecule is CN(C)C1=NC(=O)[C@@]2(CCc3ncccc32)c2cc(C(C)(F)F)ccc21. The molecule has 0 saturated heterocycles. The molecule has 26 heavy (non-hydrogen) atoms. The van der Waals surface area contributed by atoms with Gasteiger partial charge in [0.05, 0.1) is 0 Å². The van der Waals surface area contributed by atoms with E-state index in [-0.39, 0.29) is 11.5 Å². The number of carbonyl (C=O) groups excluding carboxylic acids is 1. The highest BCUT2D eigenvalue weighted by Gasteiger charge is 2.51. The maximum atomic E-state index is 14.0. The number of nitrogens with zero attached hydrogens (tertiary/aromatic N) is 3. The molecule has 2 heterocycles. The first kappa shape index (κ1) is 16.8. The molecule has 0 fully saturated rings. The lowest BCUT2D eigenvalue weighted by molar-refractivity contribution is -0.122. The van der Waals surface area contributed by atoms with E-state index >= 15 is 0 Å². The van der Waals surface area contributed by atoms with Crippen molar-refractivity contribution in [1.82, 2.24) is 9.88 Å². The van der Waals surface area contributed by atoms with E-state index in [0.717, 1.165) is 23.7 Å². The van der Waals surface area contributed by atoms with Crippen molar-refractivity contribution in [2.45, 2.75) is 31.1 Å². The number of aliphatic imine (C=N–C) groups is 1. The third-order valence-corrected chi connectivity index (χ3v) is 5.31. The zero-order valence-corrected chi connectivity index (χ0v) is 14.9.